The fourth-order valence-corrected chi connectivity index (χ4v) is 3.15. The Labute approximate surface area is 157 Å². The maximum absolute atomic E-state index is 12.5. The van der Waals surface area contributed by atoms with Crippen LogP contribution in [0.2, 0.25) is 5.02 Å². The summed E-state index contributed by atoms with van der Waals surface area (Å²) in [5, 5.41) is 3.57. The lowest BCUT2D eigenvalue weighted by Gasteiger charge is -2.19. The molecule has 2 aromatic carbocycles. The van der Waals surface area contributed by atoms with Gasteiger partial charge in [-0.1, -0.05) is 54.1 Å². The Morgan fingerprint density at radius 2 is 1.81 bits per heavy atom. The summed E-state index contributed by atoms with van der Waals surface area (Å²) in [6, 6.07) is 17.5. The van der Waals surface area contributed by atoms with Crippen LogP contribution in [0.5, 0.6) is 0 Å². The SMILES string of the molecule is O=C(CC(c1ccccc1)c1ccc(Cl)cc1)NCCN1CCOC1=O. The van der Waals surface area contributed by atoms with Crippen molar-refractivity contribution in [1.29, 1.82) is 0 Å². The highest BCUT2D eigenvalue weighted by Crippen LogP contribution is 2.28. The van der Waals surface area contributed by atoms with Gasteiger partial charge in [-0.3, -0.25) is 4.79 Å². The van der Waals surface area contributed by atoms with Gasteiger partial charge in [0.15, 0.2) is 0 Å². The fourth-order valence-electron chi connectivity index (χ4n) is 3.03. The second-order valence-electron chi connectivity index (χ2n) is 6.17. The Bertz CT molecular complexity index is 749. The number of nitrogens with one attached hydrogen (secondary N) is 1. The van der Waals surface area contributed by atoms with Gasteiger partial charge in [-0.15, -0.1) is 0 Å². The van der Waals surface area contributed by atoms with Crippen LogP contribution in [0.3, 0.4) is 0 Å². The minimum atomic E-state index is -0.317. The van der Waals surface area contributed by atoms with Gasteiger partial charge in [-0.2, -0.15) is 0 Å². The highest BCUT2D eigenvalue weighted by atomic mass is 35.5. The molecule has 1 N–H and O–H groups in total. The first-order chi connectivity index (χ1) is 12.6. The van der Waals surface area contributed by atoms with Crippen LogP contribution in [0.1, 0.15) is 23.5 Å². The molecule has 3 rings (SSSR count). The van der Waals surface area contributed by atoms with E-state index in [1.54, 1.807) is 4.90 Å². The van der Waals surface area contributed by atoms with Crippen LogP contribution in [0.25, 0.3) is 0 Å². The molecule has 1 heterocycles. The molecule has 1 aliphatic rings. The number of nitrogens with zero attached hydrogens (tertiary/aromatic N) is 1. The van der Waals surface area contributed by atoms with E-state index < -0.39 is 0 Å². The molecule has 1 atom stereocenters. The predicted octanol–water partition coefficient (Wildman–Crippen LogP) is 3.43. The van der Waals surface area contributed by atoms with Crippen molar-refractivity contribution < 1.29 is 14.3 Å². The average molecular weight is 373 g/mol. The van der Waals surface area contributed by atoms with Crippen molar-refractivity contribution in [1.82, 2.24) is 10.2 Å². The van der Waals surface area contributed by atoms with Gasteiger partial charge in [-0.05, 0) is 23.3 Å². The van der Waals surface area contributed by atoms with E-state index >= 15 is 0 Å². The lowest BCUT2D eigenvalue weighted by molar-refractivity contribution is -0.121. The van der Waals surface area contributed by atoms with Crippen molar-refractivity contribution in [2.45, 2.75) is 12.3 Å². The van der Waals surface area contributed by atoms with E-state index in [9.17, 15) is 9.59 Å². The summed E-state index contributed by atoms with van der Waals surface area (Å²) >= 11 is 5.99. The number of amides is 2. The molecule has 0 bridgehead atoms. The number of hydrogen-bond acceptors (Lipinski definition) is 3. The monoisotopic (exact) mass is 372 g/mol. The number of halogens is 1. The van der Waals surface area contributed by atoms with Gasteiger partial charge in [0.2, 0.25) is 5.91 Å². The number of carbonyl (C=O) groups excluding carboxylic acids is 2. The lowest BCUT2D eigenvalue weighted by Crippen LogP contribution is -2.35. The van der Waals surface area contributed by atoms with Crippen molar-refractivity contribution in [2.24, 2.45) is 0 Å². The second kappa shape index (κ2) is 8.72. The summed E-state index contributed by atoms with van der Waals surface area (Å²) in [4.78, 5) is 25.4. The Morgan fingerprint density at radius 1 is 1.12 bits per heavy atom. The van der Waals surface area contributed by atoms with Crippen LogP contribution in [0.4, 0.5) is 4.79 Å². The molecule has 136 valence electrons. The van der Waals surface area contributed by atoms with Crippen molar-refractivity contribution >= 4 is 23.6 Å². The third kappa shape index (κ3) is 4.76. The quantitative estimate of drug-likeness (QED) is 0.810. The second-order valence-corrected chi connectivity index (χ2v) is 6.61. The molecule has 2 amide bonds. The van der Waals surface area contributed by atoms with Gasteiger partial charge < -0.3 is 15.0 Å². The van der Waals surface area contributed by atoms with Gasteiger partial charge in [0, 0.05) is 30.5 Å². The smallest absolute Gasteiger partial charge is 0.409 e. The number of carbonyl (C=O) groups is 2. The minimum absolute atomic E-state index is 0.0507. The van der Waals surface area contributed by atoms with Crippen LogP contribution in [0, 0.1) is 0 Å². The number of rotatable bonds is 7. The standard InChI is InChI=1S/C20H21ClN2O3/c21-17-8-6-16(7-9-17)18(15-4-2-1-3-5-15)14-19(24)22-10-11-23-12-13-26-20(23)25/h1-9,18H,10-14H2,(H,22,24). The number of benzene rings is 2. The zero-order valence-corrected chi connectivity index (χ0v) is 15.1. The van der Waals surface area contributed by atoms with Crippen LogP contribution >= 0.6 is 11.6 Å². The third-order valence-electron chi connectivity index (χ3n) is 4.41. The Hall–Kier alpha value is -2.53. The average Bonchev–Trinajstić information content (AvgIpc) is 3.06. The molecule has 0 aromatic heterocycles. The molecule has 0 saturated carbocycles. The molecular formula is C20H21ClN2O3. The van der Waals surface area contributed by atoms with Crippen LogP contribution in [-0.2, 0) is 9.53 Å². The zero-order valence-electron chi connectivity index (χ0n) is 14.4. The van der Waals surface area contributed by atoms with Crippen molar-refractivity contribution in [3.8, 4) is 0 Å². The molecular weight excluding hydrogens is 352 g/mol. The maximum atomic E-state index is 12.5. The molecule has 0 spiro atoms. The van der Waals surface area contributed by atoms with Gasteiger partial charge in [0.05, 0.1) is 6.54 Å². The van der Waals surface area contributed by atoms with E-state index in [4.69, 9.17) is 16.3 Å². The summed E-state index contributed by atoms with van der Waals surface area (Å²) in [5.74, 6) is -0.105. The summed E-state index contributed by atoms with van der Waals surface area (Å²) in [6.45, 7) is 1.86. The zero-order chi connectivity index (χ0) is 18.4. The van der Waals surface area contributed by atoms with E-state index in [2.05, 4.69) is 5.32 Å². The molecule has 1 aliphatic heterocycles. The number of hydrogen-bond donors (Lipinski definition) is 1. The molecule has 1 unspecified atom stereocenters. The van der Waals surface area contributed by atoms with Crippen molar-refractivity contribution in [2.75, 3.05) is 26.2 Å². The summed E-state index contributed by atoms with van der Waals surface area (Å²) < 4.78 is 4.88. The Morgan fingerprint density at radius 3 is 2.46 bits per heavy atom. The molecule has 0 aliphatic carbocycles. The van der Waals surface area contributed by atoms with E-state index in [0.29, 0.717) is 37.7 Å². The summed E-state index contributed by atoms with van der Waals surface area (Å²) in [7, 11) is 0. The van der Waals surface area contributed by atoms with E-state index in [0.717, 1.165) is 11.1 Å². The lowest BCUT2D eigenvalue weighted by atomic mass is 9.88. The molecule has 6 heteroatoms. The molecule has 2 aromatic rings. The molecule has 0 radical (unpaired) electrons. The maximum Gasteiger partial charge on any atom is 0.409 e. The first-order valence-corrected chi connectivity index (χ1v) is 9.00. The minimum Gasteiger partial charge on any atom is -0.448 e. The van der Waals surface area contributed by atoms with Gasteiger partial charge in [0.25, 0.3) is 0 Å². The van der Waals surface area contributed by atoms with Crippen molar-refractivity contribution in [3.63, 3.8) is 0 Å². The summed E-state index contributed by atoms with van der Waals surface area (Å²) in [6.07, 6.45) is 0.0124. The predicted molar refractivity (Wildman–Crippen MR) is 100 cm³/mol. The molecule has 26 heavy (non-hydrogen) atoms. The van der Waals surface area contributed by atoms with E-state index in [-0.39, 0.29) is 17.9 Å². The number of ether oxygens (including phenoxy) is 1. The first-order valence-electron chi connectivity index (χ1n) is 8.62. The first kappa shape index (κ1) is 18.3. The highest BCUT2D eigenvalue weighted by Gasteiger charge is 2.22. The van der Waals surface area contributed by atoms with Crippen molar-refractivity contribution in [3.05, 3.63) is 70.7 Å². The van der Waals surface area contributed by atoms with Gasteiger partial charge >= 0.3 is 6.09 Å². The topological polar surface area (TPSA) is 58.6 Å². The van der Waals surface area contributed by atoms with Crippen LogP contribution in [-0.4, -0.2) is 43.1 Å². The van der Waals surface area contributed by atoms with E-state index in [1.807, 2.05) is 54.6 Å². The Balaban J connectivity index is 1.62. The Kier molecular flexibility index (Phi) is 6.12. The van der Waals surface area contributed by atoms with Crippen LogP contribution in [0.15, 0.2) is 54.6 Å². The van der Waals surface area contributed by atoms with Gasteiger partial charge in [0.1, 0.15) is 6.61 Å². The van der Waals surface area contributed by atoms with Crippen LogP contribution < -0.4 is 5.32 Å². The molecule has 5 nitrogen and oxygen atoms in total. The fraction of sp³-hybridized carbons (Fsp3) is 0.300. The normalized spacial score (nSPS) is 14.8. The third-order valence-corrected chi connectivity index (χ3v) is 4.66. The molecule has 1 saturated heterocycles. The van der Waals surface area contributed by atoms with E-state index in [1.165, 1.54) is 0 Å². The summed E-state index contributed by atoms with van der Waals surface area (Å²) in [5.41, 5.74) is 2.12. The highest BCUT2D eigenvalue weighted by molar-refractivity contribution is 6.30. The van der Waals surface area contributed by atoms with Gasteiger partial charge in [-0.25, -0.2) is 4.79 Å². The molecule has 1 fully saturated rings. The largest absolute Gasteiger partial charge is 0.448 e. The number of cyclic esters (lactones) is 1.